The quantitative estimate of drug-likeness (QED) is 0.627. The number of hydrogen-bond acceptors (Lipinski definition) is 5. The number of likely N-dealkylation sites (tertiary alicyclic amines) is 1. The van der Waals surface area contributed by atoms with Crippen LogP contribution in [0.3, 0.4) is 0 Å². The van der Waals surface area contributed by atoms with Crippen molar-refractivity contribution in [2.45, 2.75) is 32.7 Å². The van der Waals surface area contributed by atoms with E-state index in [9.17, 15) is 4.79 Å². The van der Waals surface area contributed by atoms with E-state index in [0.717, 1.165) is 56.0 Å². The van der Waals surface area contributed by atoms with Crippen LogP contribution in [0.2, 0.25) is 0 Å². The van der Waals surface area contributed by atoms with Crippen molar-refractivity contribution in [3.05, 3.63) is 48.3 Å². The average molecular weight is 408 g/mol. The maximum atomic E-state index is 13.2. The number of hydrogen-bond donors (Lipinski definition) is 0. The smallest absolute Gasteiger partial charge is 0.259 e. The lowest BCUT2D eigenvalue weighted by Crippen LogP contribution is -2.46. The van der Waals surface area contributed by atoms with E-state index in [2.05, 4.69) is 28.8 Å². The van der Waals surface area contributed by atoms with Crippen molar-refractivity contribution in [3.63, 3.8) is 0 Å². The lowest BCUT2D eigenvalue weighted by Gasteiger charge is -2.37. The number of ether oxygens (including phenoxy) is 1. The van der Waals surface area contributed by atoms with Gasteiger partial charge in [-0.05, 0) is 56.3 Å². The highest BCUT2D eigenvalue weighted by atomic mass is 16.5. The molecule has 0 atom stereocenters. The fourth-order valence-electron chi connectivity index (χ4n) is 4.37. The Kier molecular flexibility index (Phi) is 5.99. The number of methoxy groups -OCH3 is 1. The Hall–Kier alpha value is -2.93. The second-order valence-electron chi connectivity index (χ2n) is 7.60. The highest BCUT2D eigenvalue weighted by molar-refractivity contribution is 6.00. The largest absolute Gasteiger partial charge is 0.497 e. The Morgan fingerprint density at radius 3 is 2.47 bits per heavy atom. The van der Waals surface area contributed by atoms with Crippen LogP contribution in [0.4, 0.5) is 0 Å². The lowest BCUT2D eigenvalue weighted by molar-refractivity contribution is 0.0633. The van der Waals surface area contributed by atoms with Gasteiger partial charge in [0.05, 0.1) is 19.0 Å². The molecular formula is C23H29N5O2. The van der Waals surface area contributed by atoms with Crippen LogP contribution in [-0.4, -0.2) is 69.6 Å². The van der Waals surface area contributed by atoms with E-state index >= 15 is 0 Å². The van der Waals surface area contributed by atoms with E-state index in [1.807, 2.05) is 35.2 Å². The van der Waals surface area contributed by atoms with Gasteiger partial charge in [0.25, 0.3) is 5.91 Å². The SMILES string of the molecule is CCN(CC)C1CCN(C(=O)c2cnn3c(-c4ccc(OC)cc4)ccnc23)CC1. The first-order chi connectivity index (χ1) is 14.7. The molecule has 7 nitrogen and oxygen atoms in total. The van der Waals surface area contributed by atoms with Gasteiger partial charge < -0.3 is 14.5 Å². The van der Waals surface area contributed by atoms with Crippen LogP contribution in [0.15, 0.2) is 42.7 Å². The van der Waals surface area contributed by atoms with Crippen molar-refractivity contribution in [2.24, 2.45) is 0 Å². The molecule has 1 aliphatic heterocycles. The predicted molar refractivity (Wildman–Crippen MR) is 117 cm³/mol. The molecule has 3 heterocycles. The molecule has 4 rings (SSSR count). The van der Waals surface area contributed by atoms with Gasteiger partial charge >= 0.3 is 0 Å². The highest BCUT2D eigenvalue weighted by Gasteiger charge is 2.28. The normalized spacial score (nSPS) is 15.1. The topological polar surface area (TPSA) is 63.0 Å². The van der Waals surface area contributed by atoms with Gasteiger partial charge in [-0.1, -0.05) is 13.8 Å². The number of aromatic nitrogens is 3. The van der Waals surface area contributed by atoms with Crippen molar-refractivity contribution in [2.75, 3.05) is 33.3 Å². The van der Waals surface area contributed by atoms with Gasteiger partial charge in [0.15, 0.2) is 5.65 Å². The molecule has 1 fully saturated rings. The molecule has 0 saturated carbocycles. The minimum atomic E-state index is 0.0161. The summed E-state index contributed by atoms with van der Waals surface area (Å²) < 4.78 is 6.99. The standard InChI is InChI=1S/C23H29N5O2/c1-4-26(5-2)18-11-14-27(15-12-18)23(29)20-16-25-28-21(10-13-24-22(20)28)17-6-8-19(30-3)9-7-17/h6-10,13,16,18H,4-5,11-12,14-15H2,1-3H3. The molecule has 1 amide bonds. The molecule has 158 valence electrons. The van der Waals surface area contributed by atoms with Crippen molar-refractivity contribution >= 4 is 11.6 Å². The molecule has 0 spiro atoms. The van der Waals surface area contributed by atoms with E-state index in [1.165, 1.54) is 0 Å². The van der Waals surface area contributed by atoms with Gasteiger partial charge in [-0.2, -0.15) is 5.10 Å². The summed E-state index contributed by atoms with van der Waals surface area (Å²) in [6, 6.07) is 10.3. The van der Waals surface area contributed by atoms with Crippen LogP contribution in [0.5, 0.6) is 5.75 Å². The summed E-state index contributed by atoms with van der Waals surface area (Å²) in [5.41, 5.74) is 3.04. The van der Waals surface area contributed by atoms with Gasteiger partial charge in [-0.15, -0.1) is 0 Å². The van der Waals surface area contributed by atoms with E-state index in [4.69, 9.17) is 4.74 Å². The summed E-state index contributed by atoms with van der Waals surface area (Å²) in [6.07, 6.45) is 5.41. The number of piperidine rings is 1. The molecule has 0 radical (unpaired) electrons. The Morgan fingerprint density at radius 1 is 1.13 bits per heavy atom. The minimum Gasteiger partial charge on any atom is -0.497 e. The number of amides is 1. The molecule has 2 aromatic heterocycles. The molecular weight excluding hydrogens is 378 g/mol. The molecule has 3 aromatic rings. The van der Waals surface area contributed by atoms with Crippen molar-refractivity contribution in [1.82, 2.24) is 24.4 Å². The zero-order valence-electron chi connectivity index (χ0n) is 17.9. The van der Waals surface area contributed by atoms with Gasteiger partial charge in [-0.3, -0.25) is 4.79 Å². The van der Waals surface area contributed by atoms with Crippen molar-refractivity contribution in [1.29, 1.82) is 0 Å². The average Bonchev–Trinajstić information content (AvgIpc) is 3.24. The molecule has 30 heavy (non-hydrogen) atoms. The first kappa shape index (κ1) is 20.3. The van der Waals surface area contributed by atoms with E-state index in [0.29, 0.717) is 17.3 Å². The fourth-order valence-corrected chi connectivity index (χ4v) is 4.37. The van der Waals surface area contributed by atoms with Gasteiger partial charge in [0.2, 0.25) is 0 Å². The molecule has 0 N–H and O–H groups in total. The van der Waals surface area contributed by atoms with Crippen LogP contribution < -0.4 is 4.74 Å². The number of benzene rings is 1. The minimum absolute atomic E-state index is 0.0161. The van der Waals surface area contributed by atoms with E-state index in [-0.39, 0.29) is 5.91 Å². The molecule has 1 aliphatic rings. The molecule has 0 aliphatic carbocycles. The maximum absolute atomic E-state index is 13.2. The Bertz CT molecular complexity index is 1000. The summed E-state index contributed by atoms with van der Waals surface area (Å²) in [4.78, 5) is 22.1. The number of nitrogens with zero attached hydrogens (tertiary/aromatic N) is 5. The Balaban J connectivity index is 1.56. The second-order valence-corrected chi connectivity index (χ2v) is 7.60. The monoisotopic (exact) mass is 407 g/mol. The van der Waals surface area contributed by atoms with E-state index < -0.39 is 0 Å². The molecule has 7 heteroatoms. The third-order valence-electron chi connectivity index (χ3n) is 6.10. The van der Waals surface area contributed by atoms with Crippen molar-refractivity contribution in [3.8, 4) is 17.0 Å². The Morgan fingerprint density at radius 2 is 1.83 bits per heavy atom. The zero-order valence-corrected chi connectivity index (χ0v) is 17.9. The molecule has 0 unspecified atom stereocenters. The van der Waals surface area contributed by atoms with Crippen LogP contribution >= 0.6 is 0 Å². The zero-order chi connectivity index (χ0) is 21.1. The van der Waals surface area contributed by atoms with Crippen LogP contribution in [0.25, 0.3) is 16.9 Å². The summed E-state index contributed by atoms with van der Waals surface area (Å²) >= 11 is 0. The van der Waals surface area contributed by atoms with Crippen LogP contribution in [0.1, 0.15) is 37.0 Å². The summed E-state index contributed by atoms with van der Waals surface area (Å²) in [7, 11) is 1.65. The van der Waals surface area contributed by atoms with Crippen molar-refractivity contribution < 1.29 is 9.53 Å². The third kappa shape index (κ3) is 3.77. The lowest BCUT2D eigenvalue weighted by atomic mass is 10.0. The maximum Gasteiger partial charge on any atom is 0.259 e. The molecule has 0 bridgehead atoms. The third-order valence-corrected chi connectivity index (χ3v) is 6.10. The first-order valence-electron chi connectivity index (χ1n) is 10.7. The Labute approximate surface area is 177 Å². The van der Waals surface area contributed by atoms with Gasteiger partial charge in [0.1, 0.15) is 11.3 Å². The molecule has 1 saturated heterocycles. The first-order valence-corrected chi connectivity index (χ1v) is 10.7. The van der Waals surface area contributed by atoms with Gasteiger partial charge in [-0.25, -0.2) is 9.50 Å². The fraction of sp³-hybridized carbons (Fsp3) is 0.435. The summed E-state index contributed by atoms with van der Waals surface area (Å²) in [6.45, 7) is 8.06. The second kappa shape index (κ2) is 8.83. The number of carbonyl (C=O) groups is 1. The highest BCUT2D eigenvalue weighted by Crippen LogP contribution is 2.25. The van der Waals surface area contributed by atoms with E-state index in [1.54, 1.807) is 24.0 Å². The predicted octanol–water partition coefficient (Wildman–Crippen LogP) is 3.35. The summed E-state index contributed by atoms with van der Waals surface area (Å²) in [5.74, 6) is 0.816. The van der Waals surface area contributed by atoms with Crippen LogP contribution in [0, 0.1) is 0 Å². The number of rotatable bonds is 6. The molecule has 1 aromatic carbocycles. The van der Waals surface area contributed by atoms with Gasteiger partial charge in [0, 0.05) is 30.9 Å². The summed E-state index contributed by atoms with van der Waals surface area (Å²) in [5, 5.41) is 4.49. The number of fused-ring (bicyclic) bond motifs is 1. The van der Waals surface area contributed by atoms with Crippen LogP contribution in [-0.2, 0) is 0 Å². The number of carbonyl (C=O) groups excluding carboxylic acids is 1.